The standard InChI is InChI=1S/C20H17FN2O2S/c1-13-22-16(12-26-13)11-23(17-8-6-15(21)7-9-17)20(24)19-10-14-4-2-3-5-18(14)25-19/h2-9,12,19H,10-11H2,1H3. The Bertz CT molecular complexity index is 914. The van der Waals surface area contributed by atoms with Gasteiger partial charge in [0.2, 0.25) is 0 Å². The Morgan fingerprint density at radius 2 is 2.04 bits per heavy atom. The number of anilines is 1. The van der Waals surface area contributed by atoms with Gasteiger partial charge in [0.25, 0.3) is 5.91 Å². The van der Waals surface area contributed by atoms with Crippen molar-refractivity contribution in [3.8, 4) is 5.75 Å². The minimum atomic E-state index is -0.586. The van der Waals surface area contributed by atoms with Crippen molar-refractivity contribution in [2.24, 2.45) is 0 Å². The van der Waals surface area contributed by atoms with E-state index in [4.69, 9.17) is 4.74 Å². The molecule has 1 aliphatic heterocycles. The average molecular weight is 368 g/mol. The molecular formula is C20H17FN2O2S. The monoisotopic (exact) mass is 368 g/mol. The molecule has 132 valence electrons. The van der Waals surface area contributed by atoms with Gasteiger partial charge in [0.05, 0.1) is 17.2 Å². The van der Waals surface area contributed by atoms with E-state index in [1.54, 1.807) is 17.0 Å². The quantitative estimate of drug-likeness (QED) is 0.695. The number of halogens is 1. The molecule has 1 atom stereocenters. The first kappa shape index (κ1) is 16.7. The summed E-state index contributed by atoms with van der Waals surface area (Å²) in [5, 5.41) is 2.87. The van der Waals surface area contributed by atoms with Gasteiger partial charge in [0.1, 0.15) is 11.6 Å². The van der Waals surface area contributed by atoms with Crippen molar-refractivity contribution in [1.82, 2.24) is 4.98 Å². The van der Waals surface area contributed by atoms with Gasteiger partial charge in [-0.2, -0.15) is 0 Å². The van der Waals surface area contributed by atoms with E-state index in [1.807, 2.05) is 36.6 Å². The van der Waals surface area contributed by atoms with E-state index in [2.05, 4.69) is 4.98 Å². The average Bonchev–Trinajstić information content (AvgIpc) is 3.26. The number of rotatable bonds is 4. The van der Waals surface area contributed by atoms with E-state index in [9.17, 15) is 9.18 Å². The van der Waals surface area contributed by atoms with Gasteiger partial charge in [0, 0.05) is 17.5 Å². The number of benzene rings is 2. The molecule has 0 fully saturated rings. The Morgan fingerprint density at radius 1 is 1.27 bits per heavy atom. The molecule has 0 N–H and O–H groups in total. The largest absolute Gasteiger partial charge is 0.480 e. The molecular weight excluding hydrogens is 351 g/mol. The third-order valence-corrected chi connectivity index (χ3v) is 5.14. The summed E-state index contributed by atoms with van der Waals surface area (Å²) in [4.78, 5) is 19.3. The first-order chi connectivity index (χ1) is 12.6. The molecule has 0 saturated carbocycles. The van der Waals surface area contributed by atoms with Gasteiger partial charge >= 0.3 is 0 Å². The lowest BCUT2D eigenvalue weighted by Crippen LogP contribution is -2.41. The lowest BCUT2D eigenvalue weighted by atomic mass is 10.1. The minimum Gasteiger partial charge on any atom is -0.480 e. The number of carbonyl (C=O) groups excluding carboxylic acids is 1. The highest BCUT2D eigenvalue weighted by Crippen LogP contribution is 2.30. The summed E-state index contributed by atoms with van der Waals surface area (Å²) in [6.07, 6.45) is -0.0554. The number of aryl methyl sites for hydroxylation is 1. The molecule has 2 aromatic carbocycles. The fourth-order valence-corrected chi connectivity index (χ4v) is 3.66. The van der Waals surface area contributed by atoms with Gasteiger partial charge in [-0.05, 0) is 42.8 Å². The van der Waals surface area contributed by atoms with Crippen molar-refractivity contribution >= 4 is 22.9 Å². The molecule has 1 aliphatic rings. The highest BCUT2D eigenvalue weighted by molar-refractivity contribution is 7.09. The van der Waals surface area contributed by atoms with Crippen molar-refractivity contribution in [1.29, 1.82) is 0 Å². The van der Waals surface area contributed by atoms with E-state index >= 15 is 0 Å². The maximum Gasteiger partial charge on any atom is 0.268 e. The van der Waals surface area contributed by atoms with Gasteiger partial charge in [-0.1, -0.05) is 18.2 Å². The smallest absolute Gasteiger partial charge is 0.268 e. The van der Waals surface area contributed by atoms with Gasteiger partial charge in [-0.25, -0.2) is 9.37 Å². The Balaban J connectivity index is 1.62. The van der Waals surface area contributed by atoms with Crippen LogP contribution in [0.3, 0.4) is 0 Å². The number of para-hydroxylation sites is 1. The van der Waals surface area contributed by atoms with Gasteiger partial charge in [-0.3, -0.25) is 4.79 Å². The van der Waals surface area contributed by atoms with E-state index in [1.165, 1.54) is 23.5 Å². The highest BCUT2D eigenvalue weighted by atomic mass is 32.1. The van der Waals surface area contributed by atoms with E-state index < -0.39 is 6.10 Å². The number of amides is 1. The first-order valence-electron chi connectivity index (χ1n) is 8.32. The number of thiazole rings is 1. The molecule has 26 heavy (non-hydrogen) atoms. The Morgan fingerprint density at radius 3 is 2.73 bits per heavy atom. The minimum absolute atomic E-state index is 0.154. The molecule has 4 nitrogen and oxygen atoms in total. The molecule has 6 heteroatoms. The van der Waals surface area contributed by atoms with Crippen LogP contribution in [0.4, 0.5) is 10.1 Å². The second kappa shape index (κ2) is 6.88. The van der Waals surface area contributed by atoms with Crippen molar-refractivity contribution in [2.75, 3.05) is 4.90 Å². The highest BCUT2D eigenvalue weighted by Gasteiger charge is 2.33. The molecule has 1 amide bonds. The van der Waals surface area contributed by atoms with Crippen molar-refractivity contribution in [3.05, 3.63) is 76.0 Å². The second-order valence-corrected chi connectivity index (χ2v) is 7.24. The van der Waals surface area contributed by atoms with Crippen LogP contribution in [0.15, 0.2) is 53.9 Å². The Kier molecular flexibility index (Phi) is 4.42. The van der Waals surface area contributed by atoms with Crippen LogP contribution in [0.2, 0.25) is 0 Å². The van der Waals surface area contributed by atoms with Crippen molar-refractivity contribution < 1.29 is 13.9 Å². The lowest BCUT2D eigenvalue weighted by molar-refractivity contribution is -0.124. The number of hydrogen-bond donors (Lipinski definition) is 0. The number of fused-ring (bicyclic) bond motifs is 1. The SMILES string of the molecule is Cc1nc(CN(C(=O)C2Cc3ccccc3O2)c2ccc(F)cc2)cs1. The third-order valence-electron chi connectivity index (χ3n) is 4.31. The van der Waals surface area contributed by atoms with Gasteiger partial charge in [-0.15, -0.1) is 11.3 Å². The third kappa shape index (κ3) is 3.32. The number of carbonyl (C=O) groups is 1. The zero-order valence-electron chi connectivity index (χ0n) is 14.2. The molecule has 1 unspecified atom stereocenters. The van der Waals surface area contributed by atoms with Crippen LogP contribution >= 0.6 is 11.3 Å². The number of hydrogen-bond acceptors (Lipinski definition) is 4. The van der Waals surface area contributed by atoms with Crippen LogP contribution in [0.25, 0.3) is 0 Å². The molecule has 4 rings (SSSR count). The fourth-order valence-electron chi connectivity index (χ4n) is 3.05. The van der Waals surface area contributed by atoms with Crippen molar-refractivity contribution in [3.63, 3.8) is 0 Å². The predicted octanol–water partition coefficient (Wildman–Crippen LogP) is 4.13. The summed E-state index contributed by atoms with van der Waals surface area (Å²) in [7, 11) is 0. The van der Waals surface area contributed by atoms with Crippen LogP contribution in [0.5, 0.6) is 5.75 Å². The van der Waals surface area contributed by atoms with Gasteiger partial charge in [0.15, 0.2) is 6.10 Å². The van der Waals surface area contributed by atoms with E-state index in [-0.39, 0.29) is 11.7 Å². The molecule has 1 aromatic heterocycles. The first-order valence-corrected chi connectivity index (χ1v) is 9.20. The summed E-state index contributed by atoms with van der Waals surface area (Å²) in [6, 6.07) is 13.6. The normalized spacial score (nSPS) is 15.4. The summed E-state index contributed by atoms with van der Waals surface area (Å²) in [5.74, 6) is 0.253. The van der Waals surface area contributed by atoms with Crippen LogP contribution < -0.4 is 9.64 Å². The lowest BCUT2D eigenvalue weighted by Gasteiger charge is -2.25. The number of aromatic nitrogens is 1. The second-order valence-electron chi connectivity index (χ2n) is 6.18. The predicted molar refractivity (Wildman–Crippen MR) is 99.0 cm³/mol. The summed E-state index contributed by atoms with van der Waals surface area (Å²) in [5.41, 5.74) is 2.46. The Hall–Kier alpha value is -2.73. The number of nitrogens with zero attached hydrogens (tertiary/aromatic N) is 2. The molecule has 0 saturated heterocycles. The summed E-state index contributed by atoms with van der Waals surface area (Å²) in [6.45, 7) is 2.25. The molecule has 3 aromatic rings. The maximum atomic E-state index is 13.3. The zero-order chi connectivity index (χ0) is 18.1. The van der Waals surface area contributed by atoms with Crippen LogP contribution in [0, 0.1) is 12.7 Å². The molecule has 0 radical (unpaired) electrons. The Labute approximate surface area is 154 Å². The number of ether oxygens (including phenoxy) is 1. The molecule has 0 bridgehead atoms. The topological polar surface area (TPSA) is 42.4 Å². The fraction of sp³-hybridized carbons (Fsp3) is 0.200. The van der Waals surface area contributed by atoms with Gasteiger partial charge < -0.3 is 9.64 Å². The van der Waals surface area contributed by atoms with Crippen LogP contribution in [0.1, 0.15) is 16.3 Å². The van der Waals surface area contributed by atoms with Crippen LogP contribution in [-0.2, 0) is 17.8 Å². The zero-order valence-corrected chi connectivity index (χ0v) is 15.0. The molecule has 0 aliphatic carbocycles. The van der Waals surface area contributed by atoms with E-state index in [0.717, 1.165) is 22.0 Å². The van der Waals surface area contributed by atoms with Crippen molar-refractivity contribution in [2.45, 2.75) is 26.0 Å². The maximum absolute atomic E-state index is 13.3. The van der Waals surface area contributed by atoms with E-state index in [0.29, 0.717) is 18.7 Å². The van der Waals surface area contributed by atoms with Crippen LogP contribution in [-0.4, -0.2) is 17.0 Å². The summed E-state index contributed by atoms with van der Waals surface area (Å²) < 4.78 is 19.2. The molecule has 2 heterocycles. The molecule has 0 spiro atoms. The summed E-state index contributed by atoms with van der Waals surface area (Å²) >= 11 is 1.54.